The van der Waals surface area contributed by atoms with Crippen molar-refractivity contribution < 1.29 is 18.5 Å². The average molecular weight is 419 g/mol. The maximum absolute atomic E-state index is 12.7. The Morgan fingerprint density at radius 3 is 1.97 bits per heavy atom. The minimum absolute atomic E-state index is 0.0174. The number of likely N-dealkylation sites (N-methyl/N-ethyl adjacent to an activating group) is 1. The Morgan fingerprint density at radius 1 is 0.931 bits per heavy atom. The standard InChI is InChI=1S/C22H31N3O3S/c1-6-25(7-2)29(27,28)20-15-13-18(14-16-20)17(3)23-21(22(26)24(4)5)19-11-9-8-10-12-19/h8-17,21,23H,6-7H2,1-5H3/p+1/t17-,21-/m1/s1. The molecule has 0 aliphatic carbocycles. The zero-order chi connectivity index (χ0) is 21.6. The molecule has 2 rings (SSSR count). The second-order valence-corrected chi connectivity index (χ2v) is 9.20. The van der Waals surface area contributed by atoms with Gasteiger partial charge < -0.3 is 10.2 Å². The van der Waals surface area contributed by atoms with Crippen molar-refractivity contribution in [2.45, 2.75) is 37.8 Å². The zero-order valence-electron chi connectivity index (χ0n) is 17.9. The Hall–Kier alpha value is -2.22. The number of amides is 1. The molecule has 0 spiro atoms. The Kier molecular flexibility index (Phi) is 7.96. The van der Waals surface area contributed by atoms with Gasteiger partial charge in [-0.3, -0.25) is 4.79 Å². The Morgan fingerprint density at radius 2 is 1.48 bits per heavy atom. The number of quaternary nitrogens is 1. The Bertz CT molecular complexity index is 893. The molecule has 2 atom stereocenters. The number of rotatable bonds is 9. The number of carbonyl (C=O) groups is 1. The van der Waals surface area contributed by atoms with Crippen LogP contribution in [0, 0.1) is 0 Å². The lowest BCUT2D eigenvalue weighted by atomic mass is 10.0. The molecule has 0 aliphatic rings. The van der Waals surface area contributed by atoms with Crippen molar-refractivity contribution in [3.63, 3.8) is 0 Å². The van der Waals surface area contributed by atoms with E-state index in [1.165, 1.54) is 4.31 Å². The van der Waals surface area contributed by atoms with E-state index >= 15 is 0 Å². The molecule has 0 unspecified atom stereocenters. The summed E-state index contributed by atoms with van der Waals surface area (Å²) in [5, 5.41) is 2.02. The molecule has 7 heteroatoms. The first-order chi connectivity index (χ1) is 13.7. The molecule has 0 aromatic heterocycles. The Labute approximate surface area is 174 Å². The molecule has 2 aromatic rings. The Balaban J connectivity index is 2.25. The quantitative estimate of drug-likeness (QED) is 0.678. The molecule has 0 saturated carbocycles. The van der Waals surface area contributed by atoms with Crippen molar-refractivity contribution in [3.8, 4) is 0 Å². The van der Waals surface area contributed by atoms with Crippen LogP contribution in [0.3, 0.4) is 0 Å². The largest absolute Gasteiger partial charge is 0.343 e. The van der Waals surface area contributed by atoms with E-state index in [-0.39, 0.29) is 18.0 Å². The third-order valence-electron chi connectivity index (χ3n) is 5.10. The fourth-order valence-corrected chi connectivity index (χ4v) is 4.79. The fraction of sp³-hybridized carbons (Fsp3) is 0.409. The second-order valence-electron chi connectivity index (χ2n) is 7.26. The second kappa shape index (κ2) is 10.0. The van der Waals surface area contributed by atoms with Crippen LogP contribution in [0.1, 0.15) is 44.0 Å². The first-order valence-corrected chi connectivity index (χ1v) is 11.4. The smallest absolute Gasteiger partial charge is 0.285 e. The van der Waals surface area contributed by atoms with E-state index in [0.717, 1.165) is 11.1 Å². The zero-order valence-corrected chi connectivity index (χ0v) is 18.7. The summed E-state index contributed by atoms with van der Waals surface area (Å²) in [6.45, 7) is 6.56. The van der Waals surface area contributed by atoms with Crippen LogP contribution in [-0.2, 0) is 14.8 Å². The number of nitrogens with two attached hydrogens (primary N) is 1. The molecule has 29 heavy (non-hydrogen) atoms. The van der Waals surface area contributed by atoms with Gasteiger partial charge in [0.1, 0.15) is 6.04 Å². The van der Waals surface area contributed by atoms with E-state index in [9.17, 15) is 13.2 Å². The topological polar surface area (TPSA) is 74.3 Å². The van der Waals surface area contributed by atoms with Crippen LogP contribution in [0.5, 0.6) is 0 Å². The predicted octanol–water partition coefficient (Wildman–Crippen LogP) is 2.17. The van der Waals surface area contributed by atoms with E-state index in [0.29, 0.717) is 18.0 Å². The molecule has 2 aromatic carbocycles. The van der Waals surface area contributed by atoms with Gasteiger partial charge in [-0.2, -0.15) is 4.31 Å². The van der Waals surface area contributed by atoms with Crippen LogP contribution in [0.4, 0.5) is 0 Å². The molecule has 0 heterocycles. The highest BCUT2D eigenvalue weighted by molar-refractivity contribution is 7.89. The van der Waals surface area contributed by atoms with E-state index in [1.54, 1.807) is 31.1 Å². The third kappa shape index (κ3) is 5.44. The van der Waals surface area contributed by atoms with Crippen molar-refractivity contribution >= 4 is 15.9 Å². The molecule has 0 saturated heterocycles. The van der Waals surface area contributed by atoms with Crippen molar-refractivity contribution in [1.29, 1.82) is 0 Å². The summed E-state index contributed by atoms with van der Waals surface area (Å²) in [5.41, 5.74) is 1.91. The van der Waals surface area contributed by atoms with Gasteiger partial charge in [0.2, 0.25) is 10.0 Å². The maximum atomic E-state index is 12.7. The number of carbonyl (C=O) groups excluding carboxylic acids is 1. The highest BCUT2D eigenvalue weighted by Crippen LogP contribution is 2.19. The van der Waals surface area contributed by atoms with Crippen LogP contribution in [0.2, 0.25) is 0 Å². The van der Waals surface area contributed by atoms with Gasteiger partial charge in [-0.05, 0) is 19.1 Å². The van der Waals surface area contributed by atoms with Gasteiger partial charge in [0.25, 0.3) is 5.91 Å². The van der Waals surface area contributed by atoms with Crippen LogP contribution in [0.25, 0.3) is 0 Å². The molecule has 158 valence electrons. The number of nitrogens with zero attached hydrogens (tertiary/aromatic N) is 2. The number of benzene rings is 2. The van der Waals surface area contributed by atoms with Crippen molar-refractivity contribution in [2.24, 2.45) is 0 Å². The molecular weight excluding hydrogens is 386 g/mol. The van der Waals surface area contributed by atoms with Gasteiger partial charge in [-0.15, -0.1) is 0 Å². The summed E-state index contributed by atoms with van der Waals surface area (Å²) < 4.78 is 26.8. The minimum Gasteiger partial charge on any atom is -0.343 e. The van der Waals surface area contributed by atoms with Gasteiger partial charge >= 0.3 is 0 Å². The van der Waals surface area contributed by atoms with E-state index < -0.39 is 10.0 Å². The van der Waals surface area contributed by atoms with Gasteiger partial charge in [-0.1, -0.05) is 56.3 Å². The lowest BCUT2D eigenvalue weighted by molar-refractivity contribution is -0.719. The van der Waals surface area contributed by atoms with Crippen LogP contribution < -0.4 is 5.32 Å². The lowest BCUT2D eigenvalue weighted by Gasteiger charge is -2.23. The third-order valence-corrected chi connectivity index (χ3v) is 7.16. The van der Waals surface area contributed by atoms with E-state index in [2.05, 4.69) is 0 Å². The van der Waals surface area contributed by atoms with Crippen molar-refractivity contribution in [1.82, 2.24) is 9.21 Å². The molecule has 0 bridgehead atoms. The highest BCUT2D eigenvalue weighted by atomic mass is 32.2. The van der Waals surface area contributed by atoms with Gasteiger partial charge in [0.05, 0.1) is 4.90 Å². The van der Waals surface area contributed by atoms with Crippen molar-refractivity contribution in [2.75, 3.05) is 27.2 Å². The van der Waals surface area contributed by atoms with Gasteiger partial charge in [0, 0.05) is 38.3 Å². The summed E-state index contributed by atoms with van der Waals surface area (Å²) in [5.74, 6) is 0.0174. The normalized spacial score (nSPS) is 13.9. The molecule has 1 amide bonds. The van der Waals surface area contributed by atoms with Crippen LogP contribution in [-0.4, -0.2) is 50.7 Å². The molecule has 2 N–H and O–H groups in total. The molecule has 0 radical (unpaired) electrons. The summed E-state index contributed by atoms with van der Waals surface area (Å²) in [6.07, 6.45) is 0. The summed E-state index contributed by atoms with van der Waals surface area (Å²) in [6, 6.07) is 16.3. The minimum atomic E-state index is -3.47. The molecule has 6 nitrogen and oxygen atoms in total. The number of sulfonamides is 1. The van der Waals surface area contributed by atoms with E-state index in [1.807, 2.05) is 68.6 Å². The first-order valence-electron chi connectivity index (χ1n) is 9.93. The number of hydrogen-bond acceptors (Lipinski definition) is 3. The first kappa shape index (κ1) is 23.1. The molecular formula is C22H32N3O3S+. The van der Waals surface area contributed by atoms with Gasteiger partial charge in [-0.25, -0.2) is 8.42 Å². The van der Waals surface area contributed by atoms with Crippen molar-refractivity contribution in [3.05, 3.63) is 65.7 Å². The molecule has 0 fully saturated rings. The predicted molar refractivity (Wildman–Crippen MR) is 115 cm³/mol. The molecule has 0 aliphatic heterocycles. The highest BCUT2D eigenvalue weighted by Gasteiger charge is 2.28. The fourth-order valence-electron chi connectivity index (χ4n) is 3.33. The van der Waals surface area contributed by atoms with E-state index in [4.69, 9.17) is 0 Å². The number of hydrogen-bond donors (Lipinski definition) is 1. The van der Waals surface area contributed by atoms with Crippen LogP contribution in [0.15, 0.2) is 59.5 Å². The lowest BCUT2D eigenvalue weighted by Crippen LogP contribution is -2.87. The SMILES string of the molecule is CCN(CC)S(=O)(=O)c1ccc([C@@H](C)[NH2+][C@@H](C(=O)N(C)C)c2ccccc2)cc1. The van der Waals surface area contributed by atoms with Crippen LogP contribution >= 0.6 is 0 Å². The maximum Gasteiger partial charge on any atom is 0.285 e. The summed E-state index contributed by atoms with van der Waals surface area (Å²) >= 11 is 0. The summed E-state index contributed by atoms with van der Waals surface area (Å²) in [4.78, 5) is 14.6. The summed E-state index contributed by atoms with van der Waals surface area (Å²) in [7, 11) is 0.0352. The average Bonchev–Trinajstić information content (AvgIpc) is 2.72. The monoisotopic (exact) mass is 418 g/mol. The van der Waals surface area contributed by atoms with Gasteiger partial charge in [0.15, 0.2) is 6.04 Å².